The number of fused-ring (bicyclic) bond motifs is 1. The molecule has 3 heterocycles. The van der Waals surface area contributed by atoms with Crippen LogP contribution in [0.3, 0.4) is 0 Å². The van der Waals surface area contributed by atoms with E-state index in [0.717, 1.165) is 40.7 Å². The van der Waals surface area contributed by atoms with Crippen molar-refractivity contribution < 1.29 is 23.7 Å². The Balaban J connectivity index is 1.20. The first-order chi connectivity index (χ1) is 20.5. The number of nitrogens with zero attached hydrogens (tertiary/aromatic N) is 4. The number of pyridine rings is 1. The van der Waals surface area contributed by atoms with Gasteiger partial charge >= 0.3 is 12.0 Å². The average molecular weight is 579 g/mol. The molecule has 0 saturated carbocycles. The summed E-state index contributed by atoms with van der Waals surface area (Å²) in [5.41, 5.74) is 5.16. The van der Waals surface area contributed by atoms with Crippen LogP contribution < -0.4 is 14.8 Å². The third-order valence-corrected chi connectivity index (χ3v) is 7.58. The highest BCUT2D eigenvalue weighted by Crippen LogP contribution is 2.30. The number of benzene rings is 3. The van der Waals surface area contributed by atoms with E-state index in [-0.39, 0.29) is 6.10 Å². The van der Waals surface area contributed by atoms with Crippen LogP contribution in [0.5, 0.6) is 17.6 Å². The third kappa shape index (κ3) is 5.82. The number of nitriles is 1. The summed E-state index contributed by atoms with van der Waals surface area (Å²) in [5.74, 6) is 0.702. The third-order valence-electron chi connectivity index (χ3n) is 7.05. The smallest absolute Gasteiger partial charge is 0.337 e. The molecule has 0 amide bonds. The lowest BCUT2D eigenvalue weighted by atomic mass is 10.1. The molecule has 1 fully saturated rings. The Kier molecular flexibility index (Phi) is 7.83. The van der Waals surface area contributed by atoms with Crippen molar-refractivity contribution >= 4 is 31.5 Å². The van der Waals surface area contributed by atoms with Crippen LogP contribution >= 0.6 is 9.24 Å². The molecule has 1 aliphatic heterocycles. The number of carbonyl (C=O) groups excluding carboxylic acids is 1. The number of hydrogen-bond acceptors (Lipinski definition) is 8. The van der Waals surface area contributed by atoms with Crippen LogP contribution in [0.1, 0.15) is 27.9 Å². The molecule has 10 heteroatoms. The average Bonchev–Trinajstić information content (AvgIpc) is 3.34. The Hall–Kier alpha value is -4.77. The van der Waals surface area contributed by atoms with Gasteiger partial charge in [0.25, 0.3) is 0 Å². The van der Waals surface area contributed by atoms with E-state index < -0.39 is 5.97 Å². The molecule has 0 spiro atoms. The lowest BCUT2D eigenvalue weighted by molar-refractivity contribution is -0.0593. The molecule has 2 aromatic heterocycles. The molecular weight excluding hydrogens is 551 g/mol. The van der Waals surface area contributed by atoms with Crippen LogP contribution in [0.4, 0.5) is 0 Å². The van der Waals surface area contributed by atoms with Gasteiger partial charge in [-0.1, -0.05) is 12.1 Å². The van der Waals surface area contributed by atoms with E-state index in [1.165, 1.54) is 7.11 Å². The predicted molar refractivity (Wildman–Crippen MR) is 160 cm³/mol. The van der Waals surface area contributed by atoms with E-state index in [9.17, 15) is 4.79 Å². The van der Waals surface area contributed by atoms with Gasteiger partial charge in [0.1, 0.15) is 12.4 Å². The number of aromatic nitrogens is 3. The standard InChI is InChI=1S/C32H27N4O5P/c1-38-31(37)22-9-12-27-28(16-22)36(18-25-13-14-39-25)32(35-27)41-24-10-7-21(8-11-24)26-3-2-4-30(34-26)40-19-23-6-5-20(17-33)15-29(23)42/h2-12,15-16,25H,13-14,18-19,42H2,1H3/t25-/m0/s1. The van der Waals surface area contributed by atoms with Gasteiger partial charge in [-0.05, 0) is 78.0 Å². The van der Waals surface area contributed by atoms with Crippen LogP contribution in [-0.4, -0.2) is 40.3 Å². The number of rotatable bonds is 9. The molecule has 210 valence electrons. The van der Waals surface area contributed by atoms with Crippen molar-refractivity contribution in [2.75, 3.05) is 13.7 Å². The Morgan fingerprint density at radius 2 is 1.93 bits per heavy atom. The summed E-state index contributed by atoms with van der Waals surface area (Å²) in [4.78, 5) is 21.5. The minimum absolute atomic E-state index is 0.0639. The normalized spacial score (nSPS) is 14.2. The first kappa shape index (κ1) is 27.4. The van der Waals surface area contributed by atoms with Gasteiger partial charge in [0.2, 0.25) is 5.88 Å². The number of ether oxygens (including phenoxy) is 4. The summed E-state index contributed by atoms with van der Waals surface area (Å²) in [5, 5.41) is 9.99. The summed E-state index contributed by atoms with van der Waals surface area (Å²) in [7, 11) is 4.00. The van der Waals surface area contributed by atoms with Gasteiger partial charge in [0.15, 0.2) is 0 Å². The van der Waals surface area contributed by atoms with Crippen molar-refractivity contribution in [3.63, 3.8) is 0 Å². The van der Waals surface area contributed by atoms with Gasteiger partial charge in [-0.25, -0.2) is 9.78 Å². The molecule has 0 bridgehead atoms. The van der Waals surface area contributed by atoms with Gasteiger partial charge in [-0.15, -0.1) is 9.24 Å². The lowest BCUT2D eigenvalue weighted by Gasteiger charge is -2.27. The molecule has 1 unspecified atom stereocenters. The van der Waals surface area contributed by atoms with E-state index in [1.54, 1.807) is 24.3 Å². The Morgan fingerprint density at radius 1 is 1.10 bits per heavy atom. The minimum atomic E-state index is -0.408. The Morgan fingerprint density at radius 3 is 2.64 bits per heavy atom. The zero-order valence-electron chi connectivity index (χ0n) is 22.8. The van der Waals surface area contributed by atoms with Crippen molar-refractivity contribution in [1.82, 2.24) is 14.5 Å². The van der Waals surface area contributed by atoms with E-state index in [0.29, 0.717) is 47.4 Å². The maximum absolute atomic E-state index is 12.1. The van der Waals surface area contributed by atoms with Crippen molar-refractivity contribution in [3.8, 4) is 35.0 Å². The predicted octanol–water partition coefficient (Wildman–Crippen LogP) is 5.42. The molecule has 0 radical (unpaired) electrons. The van der Waals surface area contributed by atoms with E-state index in [2.05, 4.69) is 25.3 Å². The Labute approximate surface area is 244 Å². The fourth-order valence-electron chi connectivity index (χ4n) is 4.63. The van der Waals surface area contributed by atoms with Crippen LogP contribution in [0.25, 0.3) is 22.3 Å². The fraction of sp³-hybridized carbons (Fsp3) is 0.188. The summed E-state index contributed by atoms with van der Waals surface area (Å²) in [6.45, 7) is 1.63. The topological polar surface area (TPSA) is 108 Å². The van der Waals surface area contributed by atoms with Crippen LogP contribution in [-0.2, 0) is 22.6 Å². The zero-order chi connectivity index (χ0) is 29.1. The first-order valence-electron chi connectivity index (χ1n) is 13.4. The zero-order valence-corrected chi connectivity index (χ0v) is 24.0. The van der Waals surface area contributed by atoms with Crippen molar-refractivity contribution in [2.45, 2.75) is 25.7 Å². The highest BCUT2D eigenvalue weighted by Gasteiger charge is 2.23. The molecule has 5 aromatic rings. The molecule has 1 saturated heterocycles. The summed E-state index contributed by atoms with van der Waals surface area (Å²) < 4.78 is 24.7. The fourth-order valence-corrected chi connectivity index (χ4v) is 4.99. The van der Waals surface area contributed by atoms with E-state index >= 15 is 0 Å². The number of carbonyl (C=O) groups is 1. The molecule has 2 atom stereocenters. The number of imidazole rings is 1. The summed E-state index contributed by atoms with van der Waals surface area (Å²) in [6, 6.07) is 26.5. The maximum atomic E-state index is 12.1. The van der Waals surface area contributed by atoms with Gasteiger partial charge in [-0.2, -0.15) is 10.2 Å². The van der Waals surface area contributed by atoms with Crippen LogP contribution in [0, 0.1) is 11.3 Å². The largest absolute Gasteiger partial charge is 0.473 e. The molecule has 6 rings (SSSR count). The Bertz CT molecular complexity index is 1810. The molecule has 9 nitrogen and oxygen atoms in total. The molecule has 1 aliphatic rings. The number of esters is 1. The van der Waals surface area contributed by atoms with Crippen LogP contribution in [0.15, 0.2) is 78.9 Å². The minimum Gasteiger partial charge on any atom is -0.473 e. The second-order valence-corrected chi connectivity index (χ2v) is 10.4. The van der Waals surface area contributed by atoms with Crippen molar-refractivity contribution in [2.24, 2.45) is 0 Å². The van der Waals surface area contributed by atoms with Crippen molar-refractivity contribution in [3.05, 3.63) is 95.6 Å². The number of methoxy groups -OCH3 is 1. The van der Waals surface area contributed by atoms with Gasteiger partial charge < -0.3 is 18.9 Å². The first-order valence-corrected chi connectivity index (χ1v) is 14.0. The second-order valence-electron chi connectivity index (χ2n) is 9.78. The summed E-state index contributed by atoms with van der Waals surface area (Å²) in [6.07, 6.45) is 1.01. The molecule has 0 aliphatic carbocycles. The SMILES string of the molecule is COC(=O)c1ccc2nc(Oc3ccc(-c4cccc(OCc5ccc(C#N)cc5P)n4)cc3)n(C[C@@H]3CCO3)c2c1. The quantitative estimate of drug-likeness (QED) is 0.169. The molecule has 0 N–H and O–H groups in total. The van der Waals surface area contributed by atoms with Gasteiger partial charge in [0.05, 0.1) is 53.7 Å². The lowest BCUT2D eigenvalue weighted by Crippen LogP contribution is -2.31. The monoisotopic (exact) mass is 578 g/mol. The maximum Gasteiger partial charge on any atom is 0.337 e. The summed E-state index contributed by atoms with van der Waals surface area (Å²) >= 11 is 0. The highest BCUT2D eigenvalue weighted by molar-refractivity contribution is 7.27. The van der Waals surface area contributed by atoms with Gasteiger partial charge in [-0.3, -0.25) is 4.57 Å². The van der Waals surface area contributed by atoms with E-state index in [1.807, 2.05) is 59.2 Å². The molecule has 3 aromatic carbocycles. The molecule has 42 heavy (non-hydrogen) atoms. The van der Waals surface area contributed by atoms with Gasteiger partial charge in [0, 0.05) is 18.2 Å². The van der Waals surface area contributed by atoms with Crippen LogP contribution in [0.2, 0.25) is 0 Å². The highest BCUT2D eigenvalue weighted by atomic mass is 31.0. The molecular formula is C32H27N4O5P. The van der Waals surface area contributed by atoms with Crippen molar-refractivity contribution in [1.29, 1.82) is 5.26 Å². The van der Waals surface area contributed by atoms with E-state index in [4.69, 9.17) is 24.2 Å². The second kappa shape index (κ2) is 12.0. The number of hydrogen-bond donors (Lipinski definition) is 0.